The van der Waals surface area contributed by atoms with Crippen LogP contribution in [0.15, 0.2) is 0 Å². The van der Waals surface area contributed by atoms with Crippen LogP contribution >= 0.6 is 0 Å². The van der Waals surface area contributed by atoms with Gasteiger partial charge in [0.2, 0.25) is 5.78 Å². The van der Waals surface area contributed by atoms with Gasteiger partial charge in [-0.05, 0) is 38.5 Å². The number of carbonyl (C=O) groups excluding carboxylic acids is 3. The predicted octanol–water partition coefficient (Wildman–Crippen LogP) is 2.98. The normalized spacial score (nSPS) is 19.8. The Labute approximate surface area is 170 Å². The van der Waals surface area contributed by atoms with Gasteiger partial charge in [0.15, 0.2) is 0 Å². The first-order valence-corrected chi connectivity index (χ1v) is 10.8. The lowest BCUT2D eigenvalue weighted by Crippen LogP contribution is -2.46. The minimum absolute atomic E-state index is 0.0452. The summed E-state index contributed by atoms with van der Waals surface area (Å²) in [5.74, 6) is 0.0984. The van der Waals surface area contributed by atoms with E-state index in [9.17, 15) is 14.4 Å². The van der Waals surface area contributed by atoms with Crippen LogP contribution in [0.1, 0.15) is 73.6 Å². The minimum atomic E-state index is -0.458. The molecule has 0 aromatic heterocycles. The van der Waals surface area contributed by atoms with Gasteiger partial charge in [-0.25, -0.2) is 0 Å². The van der Waals surface area contributed by atoms with Crippen LogP contribution in [-0.4, -0.2) is 60.3 Å². The van der Waals surface area contributed by atoms with Crippen molar-refractivity contribution in [2.45, 2.75) is 91.8 Å². The van der Waals surface area contributed by atoms with Crippen molar-refractivity contribution in [2.24, 2.45) is 11.8 Å². The third kappa shape index (κ3) is 9.28. The van der Waals surface area contributed by atoms with E-state index in [0.29, 0.717) is 31.9 Å². The van der Waals surface area contributed by atoms with E-state index in [2.05, 4.69) is 19.2 Å². The SMILES string of the molecule is CC(C)CCCC(=O)CC1CC(COC(C)C)N(C(=O)C(=O)CNC(C)C)C1. The van der Waals surface area contributed by atoms with Crippen molar-refractivity contribution < 1.29 is 19.1 Å². The molecule has 2 atom stereocenters. The summed E-state index contributed by atoms with van der Waals surface area (Å²) in [5.41, 5.74) is 0. The van der Waals surface area contributed by atoms with Crippen molar-refractivity contribution >= 4 is 17.5 Å². The number of amides is 1. The molecule has 0 aromatic carbocycles. The number of likely N-dealkylation sites (tertiary alicyclic amines) is 1. The van der Waals surface area contributed by atoms with Crippen molar-refractivity contribution in [3.8, 4) is 0 Å². The van der Waals surface area contributed by atoms with Gasteiger partial charge in [-0.15, -0.1) is 0 Å². The summed E-state index contributed by atoms with van der Waals surface area (Å²) in [7, 11) is 0. The lowest BCUT2D eigenvalue weighted by molar-refractivity contribution is -0.145. The Morgan fingerprint density at radius 2 is 1.79 bits per heavy atom. The minimum Gasteiger partial charge on any atom is -0.377 e. The topological polar surface area (TPSA) is 75.7 Å². The highest BCUT2D eigenvalue weighted by atomic mass is 16.5. The van der Waals surface area contributed by atoms with E-state index in [-0.39, 0.29) is 36.4 Å². The van der Waals surface area contributed by atoms with Crippen molar-refractivity contribution in [1.82, 2.24) is 10.2 Å². The largest absolute Gasteiger partial charge is 0.377 e. The Hall–Kier alpha value is -1.27. The van der Waals surface area contributed by atoms with Crippen LogP contribution < -0.4 is 5.32 Å². The highest BCUT2D eigenvalue weighted by Crippen LogP contribution is 2.27. The monoisotopic (exact) mass is 396 g/mol. The third-order valence-corrected chi connectivity index (χ3v) is 5.05. The molecular formula is C22H40N2O4. The maximum Gasteiger partial charge on any atom is 0.291 e. The van der Waals surface area contributed by atoms with Gasteiger partial charge in [-0.1, -0.05) is 34.1 Å². The van der Waals surface area contributed by atoms with E-state index in [1.165, 1.54) is 0 Å². The van der Waals surface area contributed by atoms with Crippen molar-refractivity contribution in [1.29, 1.82) is 0 Å². The Bertz CT molecular complexity index is 517. The molecule has 28 heavy (non-hydrogen) atoms. The molecule has 0 radical (unpaired) electrons. The molecule has 0 saturated carbocycles. The molecule has 1 fully saturated rings. The van der Waals surface area contributed by atoms with Gasteiger partial charge >= 0.3 is 0 Å². The molecule has 0 spiro atoms. The van der Waals surface area contributed by atoms with Gasteiger partial charge in [0.05, 0.1) is 25.3 Å². The number of nitrogens with one attached hydrogen (secondary N) is 1. The van der Waals surface area contributed by atoms with E-state index in [1.54, 1.807) is 4.90 Å². The molecule has 1 aliphatic heterocycles. The molecule has 0 bridgehead atoms. The van der Waals surface area contributed by atoms with Crippen LogP contribution in [0.25, 0.3) is 0 Å². The fourth-order valence-electron chi connectivity index (χ4n) is 3.54. The molecule has 162 valence electrons. The molecule has 1 amide bonds. The van der Waals surface area contributed by atoms with E-state index >= 15 is 0 Å². The van der Waals surface area contributed by atoms with E-state index in [1.807, 2.05) is 27.7 Å². The molecule has 1 saturated heterocycles. The van der Waals surface area contributed by atoms with Crippen molar-refractivity contribution in [2.75, 3.05) is 19.7 Å². The molecule has 1 aliphatic rings. The standard InChI is InChI=1S/C22H40N2O4/c1-15(2)8-7-9-20(25)11-18-10-19(14-28-17(5)6)24(13-18)22(27)21(26)12-23-16(3)4/h15-19,23H,7-14H2,1-6H3. The zero-order valence-electron chi connectivity index (χ0n) is 18.6. The molecule has 2 unspecified atom stereocenters. The Balaban J connectivity index is 2.65. The number of hydrogen-bond donors (Lipinski definition) is 1. The van der Waals surface area contributed by atoms with E-state index in [0.717, 1.165) is 19.3 Å². The van der Waals surface area contributed by atoms with Crippen LogP contribution in [0.5, 0.6) is 0 Å². The first kappa shape index (κ1) is 24.8. The summed E-state index contributed by atoms with van der Waals surface area (Å²) < 4.78 is 5.72. The maximum atomic E-state index is 12.7. The maximum absolute atomic E-state index is 12.7. The third-order valence-electron chi connectivity index (χ3n) is 5.05. The highest BCUT2D eigenvalue weighted by molar-refractivity contribution is 6.37. The number of ketones is 2. The second-order valence-corrected chi connectivity index (χ2v) is 9.08. The quantitative estimate of drug-likeness (QED) is 0.484. The van der Waals surface area contributed by atoms with Gasteiger partial charge in [-0.3, -0.25) is 14.4 Å². The molecule has 6 nitrogen and oxygen atoms in total. The lowest BCUT2D eigenvalue weighted by atomic mass is 9.96. The molecule has 6 heteroatoms. The van der Waals surface area contributed by atoms with Crippen LogP contribution in [-0.2, 0) is 19.1 Å². The summed E-state index contributed by atoms with van der Waals surface area (Å²) in [6, 6.07) is 0.0120. The first-order chi connectivity index (χ1) is 13.1. The van der Waals surface area contributed by atoms with Crippen LogP contribution in [0, 0.1) is 11.8 Å². The van der Waals surface area contributed by atoms with Crippen LogP contribution in [0.4, 0.5) is 0 Å². The van der Waals surface area contributed by atoms with Gasteiger partial charge in [-0.2, -0.15) is 0 Å². The van der Waals surface area contributed by atoms with E-state index < -0.39 is 11.7 Å². The Kier molecular flexibility index (Phi) is 10.9. The summed E-state index contributed by atoms with van der Waals surface area (Å²) in [4.78, 5) is 38.9. The van der Waals surface area contributed by atoms with Crippen LogP contribution in [0.2, 0.25) is 0 Å². The highest BCUT2D eigenvalue weighted by Gasteiger charge is 2.38. The number of rotatable bonds is 13. The van der Waals surface area contributed by atoms with Crippen molar-refractivity contribution in [3.63, 3.8) is 0 Å². The Morgan fingerprint density at radius 1 is 1.11 bits per heavy atom. The second kappa shape index (κ2) is 12.3. The smallest absolute Gasteiger partial charge is 0.291 e. The fraction of sp³-hybridized carbons (Fsp3) is 0.864. The summed E-state index contributed by atoms with van der Waals surface area (Å²) in [6.45, 7) is 13.0. The molecule has 0 aliphatic carbocycles. The fourth-order valence-corrected chi connectivity index (χ4v) is 3.54. The molecule has 1 rings (SSSR count). The molecule has 1 heterocycles. The van der Waals surface area contributed by atoms with E-state index in [4.69, 9.17) is 4.74 Å². The van der Waals surface area contributed by atoms with Gasteiger partial charge in [0.25, 0.3) is 5.91 Å². The Morgan fingerprint density at radius 3 is 2.36 bits per heavy atom. The molecular weight excluding hydrogens is 356 g/mol. The van der Waals surface area contributed by atoms with Gasteiger partial charge in [0.1, 0.15) is 5.78 Å². The number of hydrogen-bond acceptors (Lipinski definition) is 5. The zero-order chi connectivity index (χ0) is 21.3. The number of carbonyl (C=O) groups is 3. The number of nitrogens with zero attached hydrogens (tertiary/aromatic N) is 1. The first-order valence-electron chi connectivity index (χ1n) is 10.8. The molecule has 0 aromatic rings. The van der Waals surface area contributed by atoms with Gasteiger partial charge < -0.3 is 15.0 Å². The molecule has 1 N–H and O–H groups in total. The average molecular weight is 397 g/mol. The van der Waals surface area contributed by atoms with Gasteiger partial charge in [0, 0.05) is 25.4 Å². The zero-order valence-corrected chi connectivity index (χ0v) is 18.6. The predicted molar refractivity (Wildman–Crippen MR) is 111 cm³/mol. The number of ether oxygens (including phenoxy) is 1. The average Bonchev–Trinajstić information content (AvgIpc) is 2.99. The summed E-state index contributed by atoms with van der Waals surface area (Å²) in [6.07, 6.45) is 3.85. The lowest BCUT2D eigenvalue weighted by Gasteiger charge is -2.25. The van der Waals surface area contributed by atoms with Crippen molar-refractivity contribution in [3.05, 3.63) is 0 Å². The number of Topliss-reactive ketones (excluding diaryl/α,β-unsaturated/α-hetero) is 2. The van der Waals surface area contributed by atoms with Crippen LogP contribution in [0.3, 0.4) is 0 Å². The second-order valence-electron chi connectivity index (χ2n) is 9.08. The summed E-state index contributed by atoms with van der Waals surface area (Å²) in [5, 5.41) is 3.01. The summed E-state index contributed by atoms with van der Waals surface area (Å²) >= 11 is 0.